The topological polar surface area (TPSA) is 63.3 Å². The van der Waals surface area contributed by atoms with Crippen LogP contribution in [0.3, 0.4) is 0 Å². The van der Waals surface area contributed by atoms with E-state index in [2.05, 4.69) is 4.98 Å². The van der Waals surface area contributed by atoms with E-state index >= 15 is 0 Å². The summed E-state index contributed by atoms with van der Waals surface area (Å²) >= 11 is 0. The van der Waals surface area contributed by atoms with Crippen LogP contribution in [-0.4, -0.2) is 16.1 Å². The first-order valence-electron chi connectivity index (χ1n) is 5.57. The van der Waals surface area contributed by atoms with Gasteiger partial charge in [-0.15, -0.1) is 0 Å². The lowest BCUT2D eigenvalue weighted by Gasteiger charge is -1.96. The van der Waals surface area contributed by atoms with Crippen LogP contribution < -0.4 is 0 Å². The van der Waals surface area contributed by atoms with Crippen LogP contribution in [0.1, 0.15) is 18.6 Å². The Hall–Kier alpha value is -2.17. The summed E-state index contributed by atoms with van der Waals surface area (Å²) in [6.45, 7) is 0. The molecule has 0 amide bonds. The number of rotatable bonds is 5. The maximum Gasteiger partial charge on any atom is 0.303 e. The molecule has 1 aromatic carbocycles. The third-order valence-corrected chi connectivity index (χ3v) is 2.44. The van der Waals surface area contributed by atoms with Crippen molar-refractivity contribution in [2.75, 3.05) is 0 Å². The number of aryl methyl sites for hydroxylation is 1. The summed E-state index contributed by atoms with van der Waals surface area (Å²) < 4.78 is 18.5. The van der Waals surface area contributed by atoms with Gasteiger partial charge in [-0.25, -0.2) is 9.37 Å². The summed E-state index contributed by atoms with van der Waals surface area (Å²) in [6.07, 6.45) is 2.64. The molecule has 0 unspecified atom stereocenters. The second-order valence-corrected chi connectivity index (χ2v) is 3.89. The van der Waals surface area contributed by atoms with Gasteiger partial charge in [0.1, 0.15) is 11.6 Å². The zero-order valence-electron chi connectivity index (χ0n) is 9.60. The first kappa shape index (κ1) is 12.3. The number of nitrogens with zero attached hydrogens (tertiary/aromatic N) is 1. The van der Waals surface area contributed by atoms with Crippen LogP contribution in [0.15, 0.2) is 34.9 Å². The molecule has 1 N–H and O–H groups in total. The summed E-state index contributed by atoms with van der Waals surface area (Å²) in [4.78, 5) is 14.4. The quantitative estimate of drug-likeness (QED) is 0.884. The molecular formula is C13H12FNO3. The van der Waals surface area contributed by atoms with Crippen LogP contribution in [0.2, 0.25) is 0 Å². The van der Waals surface area contributed by atoms with Gasteiger partial charge in [-0.05, 0) is 24.6 Å². The second-order valence-electron chi connectivity index (χ2n) is 3.89. The third-order valence-electron chi connectivity index (χ3n) is 2.44. The van der Waals surface area contributed by atoms with Crippen molar-refractivity contribution in [3.05, 3.63) is 42.0 Å². The van der Waals surface area contributed by atoms with Crippen molar-refractivity contribution < 1.29 is 18.7 Å². The maximum atomic E-state index is 13.0. The largest absolute Gasteiger partial charge is 0.481 e. The molecule has 0 radical (unpaired) electrons. The highest BCUT2D eigenvalue weighted by Crippen LogP contribution is 2.20. The van der Waals surface area contributed by atoms with Crippen molar-refractivity contribution in [3.8, 4) is 11.5 Å². The molecule has 5 heteroatoms. The standard InChI is InChI=1S/C13H12FNO3/c14-10-4-1-3-9(7-10)13-15-8-11(18-13)5-2-6-12(16)17/h1,3-4,7-8H,2,5-6H2,(H,16,17). The van der Waals surface area contributed by atoms with E-state index in [4.69, 9.17) is 9.52 Å². The van der Waals surface area contributed by atoms with Gasteiger partial charge in [0.2, 0.25) is 5.89 Å². The summed E-state index contributed by atoms with van der Waals surface area (Å²) in [5.74, 6) is -0.228. The first-order chi connectivity index (χ1) is 8.65. The predicted octanol–water partition coefficient (Wildman–Crippen LogP) is 2.89. The van der Waals surface area contributed by atoms with E-state index in [9.17, 15) is 9.18 Å². The van der Waals surface area contributed by atoms with Crippen molar-refractivity contribution in [2.45, 2.75) is 19.3 Å². The summed E-state index contributed by atoms with van der Waals surface area (Å²) in [5, 5.41) is 8.52. The molecule has 0 spiro atoms. The van der Waals surface area contributed by atoms with E-state index in [1.54, 1.807) is 18.3 Å². The van der Waals surface area contributed by atoms with Crippen LogP contribution in [-0.2, 0) is 11.2 Å². The molecule has 0 bridgehead atoms. The molecular weight excluding hydrogens is 237 g/mol. The lowest BCUT2D eigenvalue weighted by Crippen LogP contribution is -1.95. The summed E-state index contributed by atoms with van der Waals surface area (Å²) in [7, 11) is 0. The third kappa shape index (κ3) is 3.16. The highest BCUT2D eigenvalue weighted by molar-refractivity contribution is 5.66. The highest BCUT2D eigenvalue weighted by atomic mass is 19.1. The molecule has 0 aliphatic rings. The van der Waals surface area contributed by atoms with Crippen LogP contribution in [0, 0.1) is 5.82 Å². The number of aliphatic carboxylic acids is 1. The summed E-state index contributed by atoms with van der Waals surface area (Å²) in [5.41, 5.74) is 0.569. The molecule has 0 saturated carbocycles. The number of carbonyl (C=O) groups is 1. The van der Waals surface area contributed by atoms with Crippen molar-refractivity contribution >= 4 is 5.97 Å². The van der Waals surface area contributed by atoms with Crippen LogP contribution in [0.4, 0.5) is 4.39 Å². The van der Waals surface area contributed by atoms with Gasteiger partial charge in [-0.2, -0.15) is 0 Å². The molecule has 1 heterocycles. The van der Waals surface area contributed by atoms with Crippen LogP contribution in [0.25, 0.3) is 11.5 Å². The fourth-order valence-electron chi connectivity index (χ4n) is 1.59. The highest BCUT2D eigenvalue weighted by Gasteiger charge is 2.08. The number of aromatic nitrogens is 1. The van der Waals surface area contributed by atoms with Gasteiger partial charge in [0.05, 0.1) is 6.20 Å². The average Bonchev–Trinajstić information content (AvgIpc) is 2.77. The Labute approximate surface area is 103 Å². The Bertz CT molecular complexity index is 551. The van der Waals surface area contributed by atoms with Gasteiger partial charge in [0.25, 0.3) is 0 Å². The number of oxazole rings is 1. The summed E-state index contributed by atoms with van der Waals surface area (Å²) in [6, 6.07) is 5.97. The van der Waals surface area contributed by atoms with Gasteiger partial charge in [0.15, 0.2) is 0 Å². The molecule has 1 aromatic heterocycles. The maximum absolute atomic E-state index is 13.0. The zero-order valence-corrected chi connectivity index (χ0v) is 9.60. The van der Waals surface area contributed by atoms with E-state index < -0.39 is 5.97 Å². The number of benzene rings is 1. The van der Waals surface area contributed by atoms with Gasteiger partial charge in [0, 0.05) is 18.4 Å². The van der Waals surface area contributed by atoms with E-state index in [1.165, 1.54) is 12.1 Å². The predicted molar refractivity (Wildman–Crippen MR) is 62.5 cm³/mol. The van der Waals surface area contributed by atoms with E-state index in [0.717, 1.165) is 0 Å². The average molecular weight is 249 g/mol. The lowest BCUT2D eigenvalue weighted by atomic mass is 10.2. The normalized spacial score (nSPS) is 10.5. The van der Waals surface area contributed by atoms with E-state index in [1.807, 2.05) is 0 Å². The Balaban J connectivity index is 2.04. The molecule has 4 nitrogen and oxygen atoms in total. The number of hydrogen-bond donors (Lipinski definition) is 1. The molecule has 0 saturated heterocycles. The zero-order chi connectivity index (χ0) is 13.0. The molecule has 2 rings (SSSR count). The Morgan fingerprint density at radius 2 is 2.28 bits per heavy atom. The van der Waals surface area contributed by atoms with Gasteiger partial charge in [-0.1, -0.05) is 6.07 Å². The number of halogens is 1. The SMILES string of the molecule is O=C(O)CCCc1cnc(-c2cccc(F)c2)o1. The Kier molecular flexibility index (Phi) is 3.72. The fourth-order valence-corrected chi connectivity index (χ4v) is 1.59. The van der Waals surface area contributed by atoms with Crippen molar-refractivity contribution in [2.24, 2.45) is 0 Å². The smallest absolute Gasteiger partial charge is 0.303 e. The monoisotopic (exact) mass is 249 g/mol. The van der Waals surface area contributed by atoms with Crippen molar-refractivity contribution in [1.29, 1.82) is 0 Å². The number of carboxylic acids is 1. The Morgan fingerprint density at radius 1 is 1.44 bits per heavy atom. The van der Waals surface area contributed by atoms with E-state index in [-0.39, 0.29) is 12.2 Å². The molecule has 2 aromatic rings. The van der Waals surface area contributed by atoms with Crippen molar-refractivity contribution in [3.63, 3.8) is 0 Å². The van der Waals surface area contributed by atoms with Crippen LogP contribution in [0.5, 0.6) is 0 Å². The van der Waals surface area contributed by atoms with Gasteiger partial charge in [-0.3, -0.25) is 4.79 Å². The van der Waals surface area contributed by atoms with Crippen molar-refractivity contribution in [1.82, 2.24) is 4.98 Å². The van der Waals surface area contributed by atoms with Gasteiger partial charge >= 0.3 is 5.97 Å². The van der Waals surface area contributed by atoms with E-state index in [0.29, 0.717) is 30.1 Å². The molecule has 18 heavy (non-hydrogen) atoms. The lowest BCUT2D eigenvalue weighted by molar-refractivity contribution is -0.137. The molecule has 0 atom stereocenters. The minimum atomic E-state index is -0.833. The minimum Gasteiger partial charge on any atom is -0.481 e. The molecule has 0 fully saturated rings. The van der Waals surface area contributed by atoms with Gasteiger partial charge < -0.3 is 9.52 Å². The first-order valence-corrected chi connectivity index (χ1v) is 5.57. The number of hydrogen-bond acceptors (Lipinski definition) is 3. The minimum absolute atomic E-state index is 0.0933. The fraction of sp³-hybridized carbons (Fsp3) is 0.231. The number of carboxylic acid groups (broad SMARTS) is 1. The molecule has 0 aliphatic heterocycles. The molecule has 0 aliphatic carbocycles. The molecule has 94 valence electrons. The Morgan fingerprint density at radius 3 is 3.00 bits per heavy atom. The van der Waals surface area contributed by atoms with Crippen LogP contribution >= 0.6 is 0 Å². The second kappa shape index (κ2) is 5.44.